The first-order valence-corrected chi connectivity index (χ1v) is 10.1. The van der Waals surface area contributed by atoms with E-state index in [2.05, 4.69) is 5.32 Å². The maximum atomic E-state index is 13.1. The molecule has 1 saturated carbocycles. The minimum Gasteiger partial charge on any atom is -0.450 e. The van der Waals surface area contributed by atoms with Gasteiger partial charge in [0.2, 0.25) is 0 Å². The number of halogens is 1. The van der Waals surface area contributed by atoms with Crippen molar-refractivity contribution < 1.29 is 14.3 Å². The van der Waals surface area contributed by atoms with Gasteiger partial charge in [-0.2, -0.15) is 0 Å². The number of carbonyl (C=O) groups excluding carboxylic acids is 2. The molecule has 2 amide bonds. The molecule has 3 rings (SSSR count). The molecule has 1 aliphatic heterocycles. The number of hydrogen-bond donors (Lipinski definition) is 2. The first-order chi connectivity index (χ1) is 12.9. The maximum absolute atomic E-state index is 13.1. The summed E-state index contributed by atoms with van der Waals surface area (Å²) >= 11 is 6.42. The number of ether oxygens (including phenoxy) is 1. The molecule has 3 aliphatic rings. The predicted molar refractivity (Wildman–Crippen MR) is 105 cm³/mol. The summed E-state index contributed by atoms with van der Waals surface area (Å²) in [6.07, 6.45) is 10.4. The van der Waals surface area contributed by atoms with Crippen LogP contribution in [0, 0.1) is 5.92 Å². The number of alkyl carbamates (subject to hydrolysis) is 1. The smallest absolute Gasteiger partial charge is 0.411 e. The minimum absolute atomic E-state index is 0.0362. The number of carbonyl (C=O) groups is 2. The van der Waals surface area contributed by atoms with Crippen LogP contribution in [0.4, 0.5) is 4.79 Å². The van der Waals surface area contributed by atoms with Gasteiger partial charge in [0, 0.05) is 29.9 Å². The van der Waals surface area contributed by atoms with Gasteiger partial charge < -0.3 is 15.4 Å². The van der Waals surface area contributed by atoms with Gasteiger partial charge in [-0.15, -0.1) is 0 Å². The van der Waals surface area contributed by atoms with Crippen molar-refractivity contribution in [1.29, 1.82) is 0 Å². The number of hydrogen-bond acceptors (Lipinski definition) is 4. The van der Waals surface area contributed by atoms with Gasteiger partial charge >= 0.3 is 6.09 Å². The number of nitrogens with one attached hydrogen (secondary N) is 1. The fraction of sp³-hybridized carbons (Fsp3) is 0.600. The van der Waals surface area contributed by atoms with E-state index < -0.39 is 6.09 Å². The van der Waals surface area contributed by atoms with Gasteiger partial charge in [0.15, 0.2) is 0 Å². The van der Waals surface area contributed by atoms with Crippen molar-refractivity contribution in [2.75, 3.05) is 19.7 Å². The van der Waals surface area contributed by atoms with Gasteiger partial charge in [0.25, 0.3) is 5.91 Å². The van der Waals surface area contributed by atoms with Crippen LogP contribution in [-0.2, 0) is 9.53 Å². The highest BCUT2D eigenvalue weighted by Crippen LogP contribution is 2.38. The molecular formula is C20H28ClN3O3. The van der Waals surface area contributed by atoms with Gasteiger partial charge in [-0.1, -0.05) is 30.5 Å². The number of allylic oxidation sites excluding steroid dienone is 4. The number of fused-ring (bicyclic) bond motifs is 1. The summed E-state index contributed by atoms with van der Waals surface area (Å²) in [7, 11) is 0. The fourth-order valence-electron chi connectivity index (χ4n) is 4.24. The number of rotatable bonds is 3. The van der Waals surface area contributed by atoms with E-state index in [-0.39, 0.29) is 18.1 Å². The first-order valence-electron chi connectivity index (χ1n) is 9.72. The Hall–Kier alpha value is -1.79. The van der Waals surface area contributed by atoms with Crippen LogP contribution in [0.2, 0.25) is 0 Å². The zero-order chi connectivity index (χ0) is 19.4. The summed E-state index contributed by atoms with van der Waals surface area (Å²) in [5.74, 6) is 0.326. The van der Waals surface area contributed by atoms with E-state index in [4.69, 9.17) is 22.1 Å². The third kappa shape index (κ3) is 4.55. The molecule has 0 aromatic rings. The third-order valence-corrected chi connectivity index (χ3v) is 6.14. The molecule has 0 spiro atoms. The summed E-state index contributed by atoms with van der Waals surface area (Å²) in [5, 5.41) is 2.98. The van der Waals surface area contributed by atoms with Crippen LogP contribution in [0.25, 0.3) is 0 Å². The topological polar surface area (TPSA) is 84.7 Å². The molecule has 0 radical (unpaired) electrons. The van der Waals surface area contributed by atoms with Crippen molar-refractivity contribution in [2.24, 2.45) is 11.7 Å². The van der Waals surface area contributed by atoms with Crippen molar-refractivity contribution in [2.45, 2.75) is 51.0 Å². The average molecular weight is 394 g/mol. The molecule has 27 heavy (non-hydrogen) atoms. The second kappa shape index (κ2) is 8.48. The van der Waals surface area contributed by atoms with Crippen molar-refractivity contribution in [3.63, 3.8) is 0 Å². The lowest BCUT2D eigenvalue weighted by molar-refractivity contribution is -0.130. The number of likely N-dealkylation sites (tertiary alicyclic amines) is 1. The summed E-state index contributed by atoms with van der Waals surface area (Å²) in [6, 6.07) is 0. The normalized spacial score (nSPS) is 28.2. The van der Waals surface area contributed by atoms with Crippen LogP contribution in [-0.4, -0.2) is 42.1 Å². The highest BCUT2D eigenvalue weighted by molar-refractivity contribution is 6.33. The molecule has 2 fully saturated rings. The molecule has 0 aromatic carbocycles. The number of amides is 2. The third-order valence-electron chi connectivity index (χ3n) is 5.80. The molecule has 7 heteroatoms. The van der Waals surface area contributed by atoms with E-state index in [1.54, 1.807) is 19.1 Å². The monoisotopic (exact) mass is 393 g/mol. The minimum atomic E-state index is -0.541. The summed E-state index contributed by atoms with van der Waals surface area (Å²) in [5.41, 5.74) is 7.54. The van der Waals surface area contributed by atoms with E-state index in [0.29, 0.717) is 41.7 Å². The van der Waals surface area contributed by atoms with Gasteiger partial charge in [-0.3, -0.25) is 10.1 Å². The van der Waals surface area contributed by atoms with Gasteiger partial charge in [0.05, 0.1) is 11.6 Å². The molecule has 2 aliphatic carbocycles. The molecule has 3 N–H and O–H groups in total. The Morgan fingerprint density at radius 2 is 2.22 bits per heavy atom. The van der Waals surface area contributed by atoms with Gasteiger partial charge in [-0.05, 0) is 50.7 Å². The van der Waals surface area contributed by atoms with E-state index in [9.17, 15) is 9.59 Å². The van der Waals surface area contributed by atoms with E-state index in [0.717, 1.165) is 19.3 Å². The first kappa shape index (κ1) is 20.0. The number of nitrogens with two attached hydrogens (primary N) is 1. The second-order valence-electron chi connectivity index (χ2n) is 7.56. The lowest BCUT2D eigenvalue weighted by Gasteiger charge is -2.48. The summed E-state index contributed by atoms with van der Waals surface area (Å²) < 4.78 is 4.88. The molecule has 148 valence electrons. The molecule has 1 saturated heterocycles. The largest absolute Gasteiger partial charge is 0.450 e. The van der Waals surface area contributed by atoms with Crippen LogP contribution in [0.5, 0.6) is 0 Å². The molecule has 2 unspecified atom stereocenters. The van der Waals surface area contributed by atoms with Crippen LogP contribution >= 0.6 is 11.6 Å². The predicted octanol–water partition coefficient (Wildman–Crippen LogP) is 3.19. The van der Waals surface area contributed by atoms with E-state index in [1.165, 1.54) is 12.8 Å². The van der Waals surface area contributed by atoms with Crippen LogP contribution in [0.15, 0.2) is 34.5 Å². The number of piperidine rings is 1. The summed E-state index contributed by atoms with van der Waals surface area (Å²) in [4.78, 5) is 26.6. The second-order valence-corrected chi connectivity index (χ2v) is 7.96. The molecule has 0 bridgehead atoms. The van der Waals surface area contributed by atoms with Crippen LogP contribution in [0.3, 0.4) is 0 Å². The number of nitrogens with zero attached hydrogens (tertiary/aromatic N) is 1. The van der Waals surface area contributed by atoms with Crippen molar-refractivity contribution in [1.82, 2.24) is 10.2 Å². The van der Waals surface area contributed by atoms with Gasteiger partial charge in [0.1, 0.15) is 0 Å². The molecular weight excluding hydrogens is 366 g/mol. The molecule has 0 aromatic heterocycles. The van der Waals surface area contributed by atoms with Crippen molar-refractivity contribution in [3.8, 4) is 0 Å². The average Bonchev–Trinajstić information content (AvgIpc) is 2.81. The Morgan fingerprint density at radius 1 is 1.41 bits per heavy atom. The standard InChI is InChI=1S/C20H28ClN3O3/c1-2-27-19(26)23-15-7-5-8-16(17(21)12-15)18(25)24-11-10-20(22)9-4-3-6-14(20)13-24/h5,7,12,14H,2-4,6,8-11,13,22H2,1H3,(H,23,26). The quantitative estimate of drug-likeness (QED) is 0.771. The fourth-order valence-corrected chi connectivity index (χ4v) is 4.52. The highest BCUT2D eigenvalue weighted by atomic mass is 35.5. The Bertz CT molecular complexity index is 701. The van der Waals surface area contributed by atoms with E-state index >= 15 is 0 Å². The maximum Gasteiger partial charge on any atom is 0.411 e. The summed E-state index contributed by atoms with van der Waals surface area (Å²) in [6.45, 7) is 3.39. The molecule has 1 heterocycles. The highest BCUT2D eigenvalue weighted by Gasteiger charge is 2.42. The van der Waals surface area contributed by atoms with Gasteiger partial charge in [-0.25, -0.2) is 4.79 Å². The van der Waals surface area contributed by atoms with Crippen molar-refractivity contribution >= 4 is 23.6 Å². The Kier molecular flexibility index (Phi) is 6.27. The Balaban J connectivity index is 1.71. The van der Waals surface area contributed by atoms with Crippen LogP contribution in [0.1, 0.15) is 45.4 Å². The lowest BCUT2D eigenvalue weighted by Crippen LogP contribution is -2.59. The molecule has 6 nitrogen and oxygen atoms in total. The van der Waals surface area contributed by atoms with Crippen LogP contribution < -0.4 is 11.1 Å². The Morgan fingerprint density at radius 3 is 3.00 bits per heavy atom. The SMILES string of the molecule is CCOC(=O)NC1=CC(Cl)=C(C(=O)N2CCC3(N)CCCCC3C2)CC=C1. The molecule has 2 atom stereocenters. The lowest BCUT2D eigenvalue weighted by atomic mass is 9.69. The van der Waals surface area contributed by atoms with Crippen molar-refractivity contribution in [3.05, 3.63) is 34.5 Å². The zero-order valence-electron chi connectivity index (χ0n) is 15.8. The zero-order valence-corrected chi connectivity index (χ0v) is 16.6. The van der Waals surface area contributed by atoms with E-state index in [1.807, 2.05) is 11.0 Å². The Labute approximate surface area is 165 Å².